The Labute approximate surface area is 176 Å². The first kappa shape index (κ1) is 19.0. The zero-order valence-corrected chi connectivity index (χ0v) is 18.1. The van der Waals surface area contributed by atoms with E-state index in [1.807, 2.05) is 28.9 Å². The molecule has 2 aliphatic rings. The maximum atomic E-state index is 12.2. The van der Waals surface area contributed by atoms with Crippen LogP contribution in [0, 0.1) is 9.87 Å². The molecule has 1 saturated carbocycles. The third kappa shape index (κ3) is 5.16. The molecule has 1 aliphatic heterocycles. The Morgan fingerprint density at radius 3 is 2.78 bits per heavy atom. The molecular formula is C18H22BrN5OS2. The van der Waals surface area contributed by atoms with E-state index in [0.29, 0.717) is 12.7 Å². The van der Waals surface area contributed by atoms with Gasteiger partial charge in [0, 0.05) is 35.2 Å². The number of anilines is 2. The lowest BCUT2D eigenvalue weighted by Gasteiger charge is -2.30. The van der Waals surface area contributed by atoms with Gasteiger partial charge in [0.2, 0.25) is 11.0 Å². The topological polar surface area (TPSA) is 62.2 Å². The van der Waals surface area contributed by atoms with E-state index >= 15 is 0 Å². The molecule has 0 spiro atoms. The Bertz CT molecular complexity index is 871. The first-order chi connectivity index (χ1) is 13.1. The van der Waals surface area contributed by atoms with Crippen molar-refractivity contribution in [3.05, 3.63) is 32.7 Å². The summed E-state index contributed by atoms with van der Waals surface area (Å²) >= 11 is 10.4. The van der Waals surface area contributed by atoms with Crippen molar-refractivity contribution < 1.29 is 4.79 Å². The SMILES string of the molecule is O=C(NC1CC1)C1CCN(Cn2nc(Nc3cccc(Br)c3)sc2=S)CC1. The van der Waals surface area contributed by atoms with Crippen molar-refractivity contribution in [1.29, 1.82) is 0 Å². The standard InChI is InChI=1S/C18H22BrN5OS2/c19-13-2-1-3-15(10-13)21-17-22-24(18(26)27-17)11-23-8-6-12(7-9-23)16(25)20-14-4-5-14/h1-3,10,12,14H,4-9,11H2,(H,20,25)(H,21,22). The molecule has 1 aromatic carbocycles. The van der Waals surface area contributed by atoms with Crippen LogP contribution in [0.5, 0.6) is 0 Å². The Kier molecular flexibility index (Phi) is 5.91. The second-order valence-corrected chi connectivity index (χ2v) is 9.66. The van der Waals surface area contributed by atoms with Crippen molar-refractivity contribution in [2.45, 2.75) is 38.4 Å². The lowest BCUT2D eigenvalue weighted by molar-refractivity contribution is -0.126. The number of carbonyl (C=O) groups is 1. The van der Waals surface area contributed by atoms with E-state index in [9.17, 15) is 4.79 Å². The maximum absolute atomic E-state index is 12.2. The van der Waals surface area contributed by atoms with Gasteiger partial charge in [0.1, 0.15) is 0 Å². The van der Waals surface area contributed by atoms with Gasteiger partial charge in [-0.15, -0.1) is 5.10 Å². The average Bonchev–Trinajstić information content (AvgIpc) is 3.39. The first-order valence-corrected chi connectivity index (χ1v) is 11.2. The van der Waals surface area contributed by atoms with E-state index in [1.54, 1.807) is 0 Å². The summed E-state index contributed by atoms with van der Waals surface area (Å²) in [6, 6.07) is 8.41. The van der Waals surface area contributed by atoms with Gasteiger partial charge in [-0.05, 0) is 56.1 Å². The van der Waals surface area contributed by atoms with Crippen molar-refractivity contribution in [1.82, 2.24) is 20.0 Å². The molecule has 2 aromatic rings. The molecule has 2 fully saturated rings. The van der Waals surface area contributed by atoms with Crippen molar-refractivity contribution in [2.24, 2.45) is 5.92 Å². The molecule has 6 nitrogen and oxygen atoms in total. The second kappa shape index (κ2) is 8.38. The van der Waals surface area contributed by atoms with Gasteiger partial charge in [0.05, 0.1) is 6.67 Å². The Hall–Kier alpha value is -1.29. The van der Waals surface area contributed by atoms with E-state index in [1.165, 1.54) is 11.3 Å². The largest absolute Gasteiger partial charge is 0.353 e. The van der Waals surface area contributed by atoms with Gasteiger partial charge >= 0.3 is 0 Å². The number of benzene rings is 1. The first-order valence-electron chi connectivity index (χ1n) is 9.20. The van der Waals surface area contributed by atoms with E-state index in [-0.39, 0.29) is 11.8 Å². The molecule has 0 bridgehead atoms. The predicted octanol–water partition coefficient (Wildman–Crippen LogP) is 4.13. The average molecular weight is 468 g/mol. The predicted molar refractivity (Wildman–Crippen MR) is 114 cm³/mol. The van der Waals surface area contributed by atoms with Crippen molar-refractivity contribution >= 4 is 56.2 Å². The molecule has 144 valence electrons. The number of likely N-dealkylation sites (tertiary alicyclic amines) is 1. The number of rotatable bonds is 6. The quantitative estimate of drug-likeness (QED) is 0.625. The summed E-state index contributed by atoms with van der Waals surface area (Å²) in [6.45, 7) is 2.47. The molecule has 2 heterocycles. The number of piperidine rings is 1. The lowest BCUT2D eigenvalue weighted by atomic mass is 9.96. The number of aromatic nitrogens is 2. The highest BCUT2D eigenvalue weighted by atomic mass is 79.9. The molecule has 0 radical (unpaired) electrons. The third-order valence-electron chi connectivity index (χ3n) is 4.90. The molecule has 4 rings (SSSR count). The number of nitrogens with one attached hydrogen (secondary N) is 2. The molecule has 1 saturated heterocycles. The summed E-state index contributed by atoms with van der Waals surface area (Å²) in [5.74, 6) is 0.391. The van der Waals surface area contributed by atoms with Gasteiger partial charge in [-0.1, -0.05) is 33.3 Å². The van der Waals surface area contributed by atoms with Crippen LogP contribution in [-0.4, -0.2) is 39.7 Å². The zero-order chi connectivity index (χ0) is 18.8. The van der Waals surface area contributed by atoms with Gasteiger partial charge < -0.3 is 10.6 Å². The summed E-state index contributed by atoms with van der Waals surface area (Å²) in [6.07, 6.45) is 4.09. The van der Waals surface area contributed by atoms with Crippen LogP contribution in [0.4, 0.5) is 10.8 Å². The minimum absolute atomic E-state index is 0.152. The summed E-state index contributed by atoms with van der Waals surface area (Å²) in [4.78, 5) is 14.5. The number of hydrogen-bond acceptors (Lipinski definition) is 6. The van der Waals surface area contributed by atoms with Crippen molar-refractivity contribution in [2.75, 3.05) is 18.4 Å². The number of nitrogens with zero attached hydrogens (tertiary/aromatic N) is 3. The summed E-state index contributed by atoms with van der Waals surface area (Å²) < 4.78 is 3.63. The van der Waals surface area contributed by atoms with Crippen molar-refractivity contribution in [3.8, 4) is 0 Å². The number of hydrogen-bond donors (Lipinski definition) is 2. The highest BCUT2D eigenvalue weighted by Crippen LogP contribution is 2.25. The molecule has 0 atom stereocenters. The van der Waals surface area contributed by atoms with Crippen molar-refractivity contribution in [3.63, 3.8) is 0 Å². The number of halogens is 1. The lowest BCUT2D eigenvalue weighted by Crippen LogP contribution is -2.41. The highest BCUT2D eigenvalue weighted by molar-refractivity contribution is 9.10. The zero-order valence-electron chi connectivity index (χ0n) is 14.9. The Morgan fingerprint density at radius 1 is 1.30 bits per heavy atom. The summed E-state index contributed by atoms with van der Waals surface area (Å²) in [7, 11) is 0. The van der Waals surface area contributed by atoms with Crippen LogP contribution in [0.3, 0.4) is 0 Å². The molecule has 2 N–H and O–H groups in total. The van der Waals surface area contributed by atoms with Crippen LogP contribution in [0.2, 0.25) is 0 Å². The van der Waals surface area contributed by atoms with E-state index < -0.39 is 0 Å². The van der Waals surface area contributed by atoms with Crippen LogP contribution in [0.15, 0.2) is 28.7 Å². The molecular weight excluding hydrogens is 446 g/mol. The fourth-order valence-electron chi connectivity index (χ4n) is 3.21. The highest BCUT2D eigenvalue weighted by Gasteiger charge is 2.30. The van der Waals surface area contributed by atoms with Gasteiger partial charge in [0.25, 0.3) is 0 Å². The maximum Gasteiger partial charge on any atom is 0.223 e. The van der Waals surface area contributed by atoms with E-state index in [4.69, 9.17) is 12.2 Å². The van der Waals surface area contributed by atoms with Crippen LogP contribution >= 0.6 is 39.5 Å². The number of amides is 1. The molecule has 9 heteroatoms. The molecule has 1 amide bonds. The van der Waals surface area contributed by atoms with Gasteiger partial charge in [0.15, 0.2) is 3.95 Å². The molecule has 0 unspecified atom stereocenters. The molecule has 27 heavy (non-hydrogen) atoms. The molecule has 1 aromatic heterocycles. The third-order valence-corrected chi connectivity index (χ3v) is 6.61. The van der Waals surface area contributed by atoms with Gasteiger partial charge in [-0.2, -0.15) is 0 Å². The summed E-state index contributed by atoms with van der Waals surface area (Å²) in [5, 5.41) is 11.8. The van der Waals surface area contributed by atoms with Crippen LogP contribution in [0.1, 0.15) is 25.7 Å². The fraction of sp³-hybridized carbons (Fsp3) is 0.500. The van der Waals surface area contributed by atoms with Crippen LogP contribution in [-0.2, 0) is 11.5 Å². The van der Waals surface area contributed by atoms with Crippen LogP contribution < -0.4 is 10.6 Å². The normalized spacial score (nSPS) is 18.4. The number of carbonyl (C=O) groups excluding carboxylic acids is 1. The van der Waals surface area contributed by atoms with Gasteiger partial charge in [-0.3, -0.25) is 9.69 Å². The summed E-state index contributed by atoms with van der Waals surface area (Å²) in [5.41, 5.74) is 0.975. The Balaban J connectivity index is 1.31. The fourth-order valence-corrected chi connectivity index (χ4v) is 4.62. The van der Waals surface area contributed by atoms with Gasteiger partial charge in [-0.25, -0.2) is 4.68 Å². The smallest absolute Gasteiger partial charge is 0.223 e. The van der Waals surface area contributed by atoms with E-state index in [0.717, 1.165) is 58.0 Å². The molecule has 1 aliphatic carbocycles. The minimum Gasteiger partial charge on any atom is -0.353 e. The monoisotopic (exact) mass is 467 g/mol. The minimum atomic E-state index is 0.152. The van der Waals surface area contributed by atoms with Crippen LogP contribution in [0.25, 0.3) is 0 Å². The van der Waals surface area contributed by atoms with E-state index in [2.05, 4.69) is 36.6 Å². The Morgan fingerprint density at radius 2 is 2.07 bits per heavy atom. The second-order valence-electron chi connectivity index (χ2n) is 7.12.